The summed E-state index contributed by atoms with van der Waals surface area (Å²) < 4.78 is 25.2. The van der Waals surface area contributed by atoms with E-state index in [0.717, 1.165) is 27.5 Å². The van der Waals surface area contributed by atoms with Crippen LogP contribution >= 0.6 is 11.6 Å². The number of aromatic amines is 1. The van der Waals surface area contributed by atoms with Gasteiger partial charge in [-0.05, 0) is 29.8 Å². The number of fused-ring (bicyclic) bond motifs is 2. The molecule has 0 saturated carbocycles. The fourth-order valence-electron chi connectivity index (χ4n) is 3.80. The van der Waals surface area contributed by atoms with Crippen LogP contribution in [0.5, 0.6) is 0 Å². The largest absolute Gasteiger partial charge is 0.365 e. The van der Waals surface area contributed by atoms with Gasteiger partial charge in [-0.1, -0.05) is 17.7 Å². The van der Waals surface area contributed by atoms with Gasteiger partial charge in [0.15, 0.2) is 0 Å². The van der Waals surface area contributed by atoms with Crippen molar-refractivity contribution in [2.45, 2.75) is 13.0 Å². The molecule has 5 rings (SSSR count). The summed E-state index contributed by atoms with van der Waals surface area (Å²) >= 11 is 6.38. The van der Waals surface area contributed by atoms with Gasteiger partial charge >= 0.3 is 0 Å². The van der Waals surface area contributed by atoms with E-state index >= 15 is 0 Å². The second-order valence-corrected chi connectivity index (χ2v) is 10.5. The Hall–Kier alpha value is -3.90. The molecule has 4 aromatic rings. The van der Waals surface area contributed by atoms with Gasteiger partial charge in [0.2, 0.25) is 21.9 Å². The van der Waals surface area contributed by atoms with Crippen molar-refractivity contribution < 1.29 is 13.2 Å². The van der Waals surface area contributed by atoms with E-state index in [1.165, 1.54) is 13.2 Å². The maximum absolute atomic E-state index is 12.0. The first kappa shape index (κ1) is 22.9. The predicted molar refractivity (Wildman–Crippen MR) is 136 cm³/mol. The van der Waals surface area contributed by atoms with E-state index in [-0.39, 0.29) is 12.5 Å². The van der Waals surface area contributed by atoms with Gasteiger partial charge < -0.3 is 20.9 Å². The zero-order valence-electron chi connectivity index (χ0n) is 18.8. The number of benzene rings is 1. The van der Waals surface area contributed by atoms with Crippen molar-refractivity contribution in [2.75, 3.05) is 33.6 Å². The molecule has 13 heteroatoms. The highest BCUT2D eigenvalue weighted by molar-refractivity contribution is 7.92. The number of amides is 1. The number of carbonyl (C=O) groups is 1. The average Bonchev–Trinajstić information content (AvgIpc) is 3.37. The highest BCUT2D eigenvalue weighted by Gasteiger charge is 2.20. The molecule has 0 unspecified atom stereocenters. The molecule has 0 fully saturated rings. The van der Waals surface area contributed by atoms with Crippen LogP contribution in [0, 0.1) is 0 Å². The number of hydrogen-bond acceptors (Lipinski definition) is 8. The van der Waals surface area contributed by atoms with Crippen LogP contribution in [0.15, 0.2) is 42.7 Å². The number of H-pyrrole nitrogens is 1. The van der Waals surface area contributed by atoms with Crippen molar-refractivity contribution in [3.63, 3.8) is 0 Å². The van der Waals surface area contributed by atoms with Crippen molar-refractivity contribution in [1.29, 1.82) is 0 Å². The molecule has 4 N–H and O–H groups in total. The number of aromatic nitrogens is 4. The number of sulfonamides is 1. The zero-order chi connectivity index (χ0) is 24.7. The molecule has 180 valence electrons. The lowest BCUT2D eigenvalue weighted by Crippen LogP contribution is -2.27. The molecule has 1 amide bonds. The number of pyridine rings is 1. The molecular formula is C22H21ClN8O3S. The summed E-state index contributed by atoms with van der Waals surface area (Å²) in [6, 6.07) is 9.05. The van der Waals surface area contributed by atoms with E-state index in [9.17, 15) is 13.2 Å². The Morgan fingerprint density at radius 3 is 2.86 bits per heavy atom. The van der Waals surface area contributed by atoms with E-state index in [1.807, 2.05) is 18.2 Å². The Kier molecular flexibility index (Phi) is 5.69. The van der Waals surface area contributed by atoms with Crippen LogP contribution < -0.4 is 20.3 Å². The molecule has 1 aromatic carbocycles. The van der Waals surface area contributed by atoms with Crippen LogP contribution in [0.4, 0.5) is 29.0 Å². The topological polar surface area (TPSA) is 145 Å². The molecule has 0 spiro atoms. The predicted octanol–water partition coefficient (Wildman–Crippen LogP) is 3.25. The van der Waals surface area contributed by atoms with Gasteiger partial charge in [-0.15, -0.1) is 0 Å². The fraction of sp³-hybridized carbons (Fsp3) is 0.182. The van der Waals surface area contributed by atoms with Gasteiger partial charge in [0.1, 0.15) is 17.3 Å². The quantitative estimate of drug-likeness (QED) is 0.295. The highest BCUT2D eigenvalue weighted by atomic mass is 35.5. The third-order valence-corrected chi connectivity index (χ3v) is 7.05. The molecule has 35 heavy (non-hydrogen) atoms. The van der Waals surface area contributed by atoms with Gasteiger partial charge in [-0.3, -0.25) is 9.10 Å². The molecule has 0 aliphatic carbocycles. The van der Waals surface area contributed by atoms with E-state index in [4.69, 9.17) is 11.6 Å². The highest BCUT2D eigenvalue weighted by Crippen LogP contribution is 2.32. The molecule has 0 radical (unpaired) electrons. The van der Waals surface area contributed by atoms with E-state index in [2.05, 4.69) is 35.9 Å². The Bertz CT molecular complexity index is 1570. The minimum atomic E-state index is -3.49. The summed E-state index contributed by atoms with van der Waals surface area (Å²) in [5, 5.41) is 10.3. The van der Waals surface area contributed by atoms with Crippen molar-refractivity contribution >= 4 is 67.5 Å². The smallest absolute Gasteiger partial charge is 0.233 e. The van der Waals surface area contributed by atoms with E-state index in [1.54, 1.807) is 18.3 Å². The van der Waals surface area contributed by atoms with Crippen LogP contribution in [0.3, 0.4) is 0 Å². The molecule has 0 atom stereocenters. The van der Waals surface area contributed by atoms with Crippen molar-refractivity contribution in [1.82, 2.24) is 19.9 Å². The van der Waals surface area contributed by atoms with Crippen LogP contribution in [-0.4, -0.2) is 47.6 Å². The van der Waals surface area contributed by atoms with Gasteiger partial charge in [0.05, 0.1) is 23.1 Å². The Morgan fingerprint density at radius 1 is 1.23 bits per heavy atom. The number of carbonyl (C=O) groups excluding carboxylic acids is 1. The summed E-state index contributed by atoms with van der Waals surface area (Å²) in [5.74, 6) is 1.04. The number of rotatable bonds is 7. The lowest BCUT2D eigenvalue weighted by atomic mass is 10.1. The number of hydrogen-bond donors (Lipinski definition) is 4. The second-order valence-electron chi connectivity index (χ2n) is 8.05. The van der Waals surface area contributed by atoms with Gasteiger partial charge in [-0.25, -0.2) is 13.4 Å². The van der Waals surface area contributed by atoms with Crippen molar-refractivity contribution in [2.24, 2.45) is 0 Å². The van der Waals surface area contributed by atoms with Crippen LogP contribution in [0.25, 0.3) is 11.0 Å². The number of nitrogens with one attached hydrogen (secondary N) is 4. The summed E-state index contributed by atoms with van der Waals surface area (Å²) in [5.41, 5.74) is 3.59. The van der Waals surface area contributed by atoms with Crippen LogP contribution in [0.2, 0.25) is 5.02 Å². The standard InChI is InChI=1S/C22H21ClN8O3S/c1-31(35(2,33)34)21-12(4-3-7-24-21)10-25-19-18-15(23)11-26-20(18)30-22(29-19)27-14-5-6-16-13(8-14)9-17(32)28-16/h3-8,11H,9-10H2,1-2H3,(H,28,32)(H3,25,26,27,29,30). The van der Waals surface area contributed by atoms with Crippen LogP contribution in [-0.2, 0) is 27.8 Å². The van der Waals surface area contributed by atoms with E-state index in [0.29, 0.717) is 45.6 Å². The first-order valence-electron chi connectivity index (χ1n) is 10.5. The SMILES string of the molecule is CN(c1ncccc1CNc1nc(Nc2ccc3c(c2)CC(=O)N3)nc2[nH]cc(Cl)c12)S(C)(=O)=O. The fourth-order valence-corrected chi connectivity index (χ4v) is 4.52. The monoisotopic (exact) mass is 512 g/mol. The van der Waals surface area contributed by atoms with E-state index < -0.39 is 10.0 Å². The first-order valence-corrected chi connectivity index (χ1v) is 12.8. The lowest BCUT2D eigenvalue weighted by molar-refractivity contribution is -0.115. The van der Waals surface area contributed by atoms with Crippen LogP contribution in [0.1, 0.15) is 11.1 Å². The van der Waals surface area contributed by atoms with Crippen molar-refractivity contribution in [3.05, 3.63) is 58.9 Å². The van der Waals surface area contributed by atoms with Crippen molar-refractivity contribution in [3.8, 4) is 0 Å². The normalized spacial score (nSPS) is 12.9. The van der Waals surface area contributed by atoms with Gasteiger partial charge in [-0.2, -0.15) is 9.97 Å². The summed E-state index contributed by atoms with van der Waals surface area (Å²) in [6.07, 6.45) is 4.60. The molecule has 0 saturated heterocycles. The maximum atomic E-state index is 12.0. The minimum absolute atomic E-state index is 0.0429. The second kappa shape index (κ2) is 8.71. The molecule has 1 aliphatic heterocycles. The third-order valence-electron chi connectivity index (χ3n) is 5.58. The molecule has 11 nitrogen and oxygen atoms in total. The Balaban J connectivity index is 1.45. The molecule has 4 heterocycles. The first-order chi connectivity index (χ1) is 16.7. The number of halogens is 1. The zero-order valence-corrected chi connectivity index (χ0v) is 20.3. The molecule has 0 bridgehead atoms. The summed E-state index contributed by atoms with van der Waals surface area (Å²) in [6.45, 7) is 0.239. The minimum Gasteiger partial charge on any atom is -0.365 e. The molecule has 1 aliphatic rings. The lowest BCUT2D eigenvalue weighted by Gasteiger charge is -2.19. The van der Waals surface area contributed by atoms with Gasteiger partial charge in [0, 0.05) is 42.9 Å². The Labute approximate surface area is 206 Å². The Morgan fingerprint density at radius 2 is 2.06 bits per heavy atom. The van der Waals surface area contributed by atoms with Gasteiger partial charge in [0.25, 0.3) is 0 Å². The third kappa shape index (κ3) is 4.57. The maximum Gasteiger partial charge on any atom is 0.233 e. The number of anilines is 5. The summed E-state index contributed by atoms with van der Waals surface area (Å²) in [4.78, 5) is 28.0. The molecular weight excluding hydrogens is 492 g/mol. The number of nitrogens with zero attached hydrogens (tertiary/aromatic N) is 4. The molecule has 3 aromatic heterocycles. The average molecular weight is 513 g/mol. The summed E-state index contributed by atoms with van der Waals surface area (Å²) in [7, 11) is -2.03.